The number of benzene rings is 2. The van der Waals surface area contributed by atoms with Gasteiger partial charge in [-0.25, -0.2) is 0 Å². The second-order valence-corrected chi connectivity index (χ2v) is 7.29. The molecule has 3 N–H and O–H groups in total. The summed E-state index contributed by atoms with van der Waals surface area (Å²) in [6.45, 7) is 1.99. The molecule has 126 valence electrons. The number of fused-ring (bicyclic) bond motifs is 1. The molecule has 0 aliphatic carbocycles. The second-order valence-electron chi connectivity index (χ2n) is 5.94. The number of hydrogen-bond donors (Lipinski definition) is 2. The van der Waals surface area contributed by atoms with Crippen LogP contribution in [0.1, 0.15) is 28.3 Å². The number of allylic oxidation sites excluding steroid dienone is 1. The molecule has 2 heterocycles. The Morgan fingerprint density at radius 2 is 1.96 bits per heavy atom. The van der Waals surface area contributed by atoms with Gasteiger partial charge in [0.1, 0.15) is 0 Å². The molecule has 1 unspecified atom stereocenters. The largest absolute Gasteiger partial charge is 0.421 e. The molecule has 1 aromatic heterocycles. The fourth-order valence-electron chi connectivity index (χ4n) is 3.24. The van der Waals surface area contributed by atoms with Crippen LogP contribution in [-0.4, -0.2) is 10.2 Å². The zero-order valence-corrected chi connectivity index (χ0v) is 15.7. The van der Waals surface area contributed by atoms with Crippen LogP contribution in [0.15, 0.2) is 58.9 Å². The highest BCUT2D eigenvalue weighted by molar-refractivity contribution is 9.10. The average molecular weight is 417 g/mol. The molecular formula is C19H15BrClN3O. The number of aromatic amines is 1. The number of halogens is 2. The average Bonchev–Trinajstić information content (AvgIpc) is 2.95. The van der Waals surface area contributed by atoms with E-state index in [0.29, 0.717) is 16.8 Å². The molecule has 1 aliphatic rings. The van der Waals surface area contributed by atoms with Crippen molar-refractivity contribution in [2.45, 2.75) is 12.8 Å². The van der Waals surface area contributed by atoms with E-state index < -0.39 is 0 Å². The van der Waals surface area contributed by atoms with Crippen molar-refractivity contribution in [3.63, 3.8) is 0 Å². The van der Waals surface area contributed by atoms with Crippen molar-refractivity contribution >= 4 is 33.1 Å². The van der Waals surface area contributed by atoms with Crippen LogP contribution in [0.2, 0.25) is 5.02 Å². The topological polar surface area (TPSA) is 63.9 Å². The molecule has 2 aromatic carbocycles. The van der Waals surface area contributed by atoms with Gasteiger partial charge in [0, 0.05) is 32.2 Å². The third-order valence-electron chi connectivity index (χ3n) is 4.35. The maximum absolute atomic E-state index is 6.30. The lowest BCUT2D eigenvalue weighted by Gasteiger charge is -2.28. The first-order chi connectivity index (χ1) is 12.0. The van der Waals surface area contributed by atoms with Crippen LogP contribution in [0.3, 0.4) is 0 Å². The van der Waals surface area contributed by atoms with Crippen molar-refractivity contribution in [2.24, 2.45) is 5.73 Å². The fourth-order valence-corrected chi connectivity index (χ4v) is 3.78. The van der Waals surface area contributed by atoms with E-state index in [9.17, 15) is 0 Å². The Labute approximate surface area is 158 Å². The van der Waals surface area contributed by atoms with E-state index in [2.05, 4.69) is 38.3 Å². The van der Waals surface area contributed by atoms with Crippen molar-refractivity contribution in [3.05, 3.63) is 86.3 Å². The molecule has 0 bridgehead atoms. The predicted octanol–water partition coefficient (Wildman–Crippen LogP) is 4.99. The highest BCUT2D eigenvalue weighted by atomic mass is 79.9. The van der Waals surface area contributed by atoms with Gasteiger partial charge in [0.2, 0.25) is 5.88 Å². The molecule has 0 amide bonds. The van der Waals surface area contributed by atoms with E-state index in [0.717, 1.165) is 32.4 Å². The van der Waals surface area contributed by atoms with Gasteiger partial charge < -0.3 is 10.5 Å². The molecule has 25 heavy (non-hydrogen) atoms. The molecule has 4 nitrogen and oxygen atoms in total. The SMILES string of the molecule is Cc1[nH]nc2c1C(c1cccc(Br)c1)C(c1ccc(Cl)cc1)=C(N)O2. The zero-order chi connectivity index (χ0) is 17.6. The normalized spacial score (nSPS) is 16.5. The summed E-state index contributed by atoms with van der Waals surface area (Å²) in [5.74, 6) is 0.796. The van der Waals surface area contributed by atoms with Crippen molar-refractivity contribution in [1.82, 2.24) is 10.2 Å². The van der Waals surface area contributed by atoms with E-state index in [-0.39, 0.29) is 5.92 Å². The second kappa shape index (κ2) is 6.24. The first kappa shape index (κ1) is 16.2. The number of H-pyrrole nitrogens is 1. The van der Waals surface area contributed by atoms with Gasteiger partial charge in [-0.05, 0) is 42.3 Å². The van der Waals surface area contributed by atoms with E-state index in [1.165, 1.54) is 0 Å². The van der Waals surface area contributed by atoms with Crippen LogP contribution in [0, 0.1) is 6.92 Å². The van der Waals surface area contributed by atoms with Crippen molar-refractivity contribution in [2.75, 3.05) is 0 Å². The summed E-state index contributed by atoms with van der Waals surface area (Å²) < 4.78 is 6.81. The number of hydrogen-bond acceptors (Lipinski definition) is 3. The number of aryl methyl sites for hydroxylation is 1. The molecule has 4 rings (SSSR count). The molecule has 0 saturated carbocycles. The van der Waals surface area contributed by atoms with Crippen LogP contribution < -0.4 is 10.5 Å². The number of ether oxygens (including phenoxy) is 1. The zero-order valence-electron chi connectivity index (χ0n) is 13.4. The quantitative estimate of drug-likeness (QED) is 0.619. The molecule has 6 heteroatoms. The smallest absolute Gasteiger partial charge is 0.244 e. The summed E-state index contributed by atoms with van der Waals surface area (Å²) in [6, 6.07) is 15.8. The van der Waals surface area contributed by atoms with Crippen LogP contribution >= 0.6 is 27.5 Å². The summed E-state index contributed by atoms with van der Waals surface area (Å²) >= 11 is 9.61. The standard InChI is InChI=1S/C19H15BrClN3O/c1-10-15-16(12-3-2-4-13(20)9-12)17(11-5-7-14(21)8-6-11)18(22)25-19(15)24-23-10/h2-9,16H,22H2,1H3,(H,23,24). The van der Waals surface area contributed by atoms with Crippen molar-refractivity contribution < 1.29 is 4.74 Å². The first-order valence-electron chi connectivity index (χ1n) is 7.78. The van der Waals surface area contributed by atoms with Crippen molar-refractivity contribution in [3.8, 4) is 5.88 Å². The lowest BCUT2D eigenvalue weighted by atomic mass is 9.80. The fraction of sp³-hybridized carbons (Fsp3) is 0.105. The minimum absolute atomic E-state index is 0.0822. The van der Waals surface area contributed by atoms with E-state index in [1.807, 2.05) is 43.3 Å². The summed E-state index contributed by atoms with van der Waals surface area (Å²) in [5.41, 5.74) is 11.2. The summed E-state index contributed by atoms with van der Waals surface area (Å²) in [6.07, 6.45) is 0. The Morgan fingerprint density at radius 1 is 1.20 bits per heavy atom. The Bertz CT molecular complexity index is 979. The Morgan fingerprint density at radius 3 is 2.68 bits per heavy atom. The van der Waals surface area contributed by atoms with Gasteiger partial charge in [-0.3, -0.25) is 5.10 Å². The molecule has 0 fully saturated rings. The number of nitrogens with zero attached hydrogens (tertiary/aromatic N) is 1. The molecular weight excluding hydrogens is 402 g/mol. The van der Waals surface area contributed by atoms with Crippen LogP contribution in [0.5, 0.6) is 5.88 Å². The van der Waals surface area contributed by atoms with E-state index >= 15 is 0 Å². The van der Waals surface area contributed by atoms with E-state index in [1.54, 1.807) is 0 Å². The highest BCUT2D eigenvalue weighted by Gasteiger charge is 2.34. The molecule has 1 aliphatic heterocycles. The van der Waals surface area contributed by atoms with Gasteiger partial charge in [-0.15, -0.1) is 5.10 Å². The van der Waals surface area contributed by atoms with Gasteiger partial charge in [0.05, 0.1) is 0 Å². The number of rotatable bonds is 2. The third kappa shape index (κ3) is 2.83. The minimum Gasteiger partial charge on any atom is -0.421 e. The van der Waals surface area contributed by atoms with Gasteiger partial charge >= 0.3 is 0 Å². The Balaban J connectivity index is 1.96. The molecule has 1 atom stereocenters. The number of nitrogens with two attached hydrogens (primary N) is 1. The van der Waals surface area contributed by atoms with E-state index in [4.69, 9.17) is 22.1 Å². The number of nitrogens with one attached hydrogen (secondary N) is 1. The molecule has 0 radical (unpaired) electrons. The van der Waals surface area contributed by atoms with Crippen LogP contribution in [0.4, 0.5) is 0 Å². The lowest BCUT2D eigenvalue weighted by molar-refractivity contribution is 0.389. The predicted molar refractivity (Wildman–Crippen MR) is 102 cm³/mol. The van der Waals surface area contributed by atoms with Gasteiger partial charge in [-0.1, -0.05) is 51.8 Å². The van der Waals surface area contributed by atoms with Crippen LogP contribution in [0.25, 0.3) is 5.57 Å². The summed E-state index contributed by atoms with van der Waals surface area (Å²) in [5, 5.41) is 7.94. The van der Waals surface area contributed by atoms with Gasteiger partial charge in [-0.2, -0.15) is 0 Å². The van der Waals surface area contributed by atoms with Gasteiger partial charge in [0.25, 0.3) is 0 Å². The lowest BCUT2D eigenvalue weighted by Crippen LogP contribution is -2.21. The molecule has 3 aromatic rings. The molecule has 0 spiro atoms. The maximum atomic E-state index is 6.30. The minimum atomic E-state index is -0.0822. The molecule has 0 saturated heterocycles. The van der Waals surface area contributed by atoms with Crippen LogP contribution in [-0.2, 0) is 0 Å². The Kier molecular flexibility index (Phi) is 4.06. The van der Waals surface area contributed by atoms with Crippen molar-refractivity contribution in [1.29, 1.82) is 0 Å². The third-order valence-corrected chi connectivity index (χ3v) is 5.09. The monoisotopic (exact) mass is 415 g/mol. The first-order valence-corrected chi connectivity index (χ1v) is 8.95. The maximum Gasteiger partial charge on any atom is 0.244 e. The highest BCUT2D eigenvalue weighted by Crippen LogP contribution is 2.47. The summed E-state index contributed by atoms with van der Waals surface area (Å²) in [4.78, 5) is 0. The number of aromatic nitrogens is 2. The Hall–Kier alpha value is -2.24. The summed E-state index contributed by atoms with van der Waals surface area (Å²) in [7, 11) is 0. The van der Waals surface area contributed by atoms with Gasteiger partial charge in [0.15, 0.2) is 5.88 Å².